The molecular formula is C17H25Cl2N3O2. The van der Waals surface area contributed by atoms with Crippen molar-refractivity contribution >= 4 is 35.8 Å². The van der Waals surface area contributed by atoms with E-state index in [9.17, 15) is 9.59 Å². The van der Waals surface area contributed by atoms with Gasteiger partial charge in [-0.1, -0.05) is 11.6 Å². The van der Waals surface area contributed by atoms with Gasteiger partial charge in [0, 0.05) is 35.6 Å². The smallest absolute Gasteiger partial charge is 0.251 e. The van der Waals surface area contributed by atoms with Gasteiger partial charge >= 0.3 is 0 Å². The normalized spacial score (nSPS) is 19.9. The van der Waals surface area contributed by atoms with E-state index < -0.39 is 0 Å². The summed E-state index contributed by atoms with van der Waals surface area (Å²) >= 11 is 5.79. The topological polar surface area (TPSA) is 70.2 Å². The quantitative estimate of drug-likeness (QED) is 0.671. The molecule has 1 saturated heterocycles. The molecule has 0 aromatic heterocycles. The van der Waals surface area contributed by atoms with Gasteiger partial charge in [0.1, 0.15) is 0 Å². The van der Waals surface area contributed by atoms with Crippen molar-refractivity contribution < 1.29 is 9.59 Å². The van der Waals surface area contributed by atoms with E-state index in [0.29, 0.717) is 36.0 Å². The van der Waals surface area contributed by atoms with Crippen LogP contribution >= 0.6 is 24.0 Å². The molecule has 1 aromatic carbocycles. The molecule has 2 rings (SSSR count). The van der Waals surface area contributed by atoms with Crippen LogP contribution in [0, 0.1) is 0 Å². The van der Waals surface area contributed by atoms with Gasteiger partial charge in [0.05, 0.1) is 0 Å². The molecule has 134 valence electrons. The summed E-state index contributed by atoms with van der Waals surface area (Å²) in [6.45, 7) is 3.59. The van der Waals surface area contributed by atoms with Crippen LogP contribution in [0.25, 0.3) is 0 Å². The van der Waals surface area contributed by atoms with Crippen molar-refractivity contribution in [2.45, 2.75) is 44.7 Å². The van der Waals surface area contributed by atoms with Gasteiger partial charge in [0.25, 0.3) is 5.91 Å². The molecule has 24 heavy (non-hydrogen) atoms. The lowest BCUT2D eigenvalue weighted by atomic mass is 10.00. The lowest BCUT2D eigenvalue weighted by molar-refractivity contribution is -0.122. The molecule has 3 N–H and O–H groups in total. The molecule has 2 amide bonds. The van der Waals surface area contributed by atoms with Crippen LogP contribution in [-0.4, -0.2) is 37.0 Å². The third-order valence-corrected chi connectivity index (χ3v) is 4.33. The molecule has 0 bridgehead atoms. The lowest BCUT2D eigenvalue weighted by Gasteiger charge is -2.30. The molecule has 2 unspecified atom stereocenters. The van der Waals surface area contributed by atoms with Crippen LogP contribution in [0.15, 0.2) is 24.3 Å². The van der Waals surface area contributed by atoms with Crippen molar-refractivity contribution in [1.82, 2.24) is 16.0 Å². The summed E-state index contributed by atoms with van der Waals surface area (Å²) in [4.78, 5) is 23.8. The Balaban J connectivity index is 0.00000288. The molecule has 2 atom stereocenters. The van der Waals surface area contributed by atoms with Gasteiger partial charge in [-0.2, -0.15) is 0 Å². The van der Waals surface area contributed by atoms with E-state index in [1.165, 1.54) is 0 Å². The van der Waals surface area contributed by atoms with E-state index in [1.807, 2.05) is 0 Å². The fourth-order valence-electron chi connectivity index (χ4n) is 2.67. The van der Waals surface area contributed by atoms with Crippen molar-refractivity contribution in [2.75, 3.05) is 13.1 Å². The van der Waals surface area contributed by atoms with E-state index in [1.54, 1.807) is 24.3 Å². The van der Waals surface area contributed by atoms with Crippen molar-refractivity contribution in [1.29, 1.82) is 0 Å². The van der Waals surface area contributed by atoms with E-state index in [-0.39, 0.29) is 30.3 Å². The lowest BCUT2D eigenvalue weighted by Crippen LogP contribution is -2.51. The molecule has 1 aromatic rings. The Hall–Kier alpha value is -1.30. The maximum absolute atomic E-state index is 11.9. The Bertz CT molecular complexity index is 537. The highest BCUT2D eigenvalue weighted by Crippen LogP contribution is 2.10. The van der Waals surface area contributed by atoms with Crippen LogP contribution in [0.5, 0.6) is 0 Å². The van der Waals surface area contributed by atoms with Crippen LogP contribution in [0.4, 0.5) is 0 Å². The van der Waals surface area contributed by atoms with Gasteiger partial charge in [-0.25, -0.2) is 0 Å². The first-order valence-electron chi connectivity index (χ1n) is 8.13. The van der Waals surface area contributed by atoms with Crippen molar-refractivity contribution in [3.8, 4) is 0 Å². The third kappa shape index (κ3) is 6.67. The molecule has 0 aliphatic carbocycles. The Labute approximate surface area is 154 Å². The highest BCUT2D eigenvalue weighted by atomic mass is 35.5. The van der Waals surface area contributed by atoms with Gasteiger partial charge < -0.3 is 16.0 Å². The maximum Gasteiger partial charge on any atom is 0.251 e. The highest BCUT2D eigenvalue weighted by Gasteiger charge is 2.21. The molecule has 0 radical (unpaired) electrons. The molecule has 1 heterocycles. The van der Waals surface area contributed by atoms with Gasteiger partial charge in [0.15, 0.2) is 0 Å². The Morgan fingerprint density at radius 3 is 2.67 bits per heavy atom. The summed E-state index contributed by atoms with van der Waals surface area (Å²) in [6, 6.07) is 7.26. The summed E-state index contributed by atoms with van der Waals surface area (Å²) in [6.07, 6.45) is 3.16. The van der Waals surface area contributed by atoms with Gasteiger partial charge in [-0.15, -0.1) is 12.4 Å². The van der Waals surface area contributed by atoms with E-state index in [2.05, 4.69) is 22.9 Å². The number of hydrogen-bond donors (Lipinski definition) is 3. The largest absolute Gasteiger partial charge is 0.352 e. The summed E-state index contributed by atoms with van der Waals surface area (Å²) in [7, 11) is 0. The third-order valence-electron chi connectivity index (χ3n) is 4.08. The van der Waals surface area contributed by atoms with Crippen molar-refractivity contribution in [3.63, 3.8) is 0 Å². The predicted molar refractivity (Wildman–Crippen MR) is 98.9 cm³/mol. The summed E-state index contributed by atoms with van der Waals surface area (Å²) in [5.41, 5.74) is 0.570. The Morgan fingerprint density at radius 2 is 2.00 bits per heavy atom. The highest BCUT2D eigenvalue weighted by molar-refractivity contribution is 6.30. The number of benzene rings is 1. The first-order valence-corrected chi connectivity index (χ1v) is 8.50. The zero-order valence-corrected chi connectivity index (χ0v) is 15.4. The van der Waals surface area contributed by atoms with E-state index >= 15 is 0 Å². The van der Waals surface area contributed by atoms with Gasteiger partial charge in [-0.05, 0) is 57.0 Å². The van der Waals surface area contributed by atoms with E-state index in [0.717, 1.165) is 19.4 Å². The Morgan fingerprint density at radius 1 is 1.29 bits per heavy atom. The fourth-order valence-corrected chi connectivity index (χ4v) is 2.80. The molecule has 1 fully saturated rings. The molecule has 0 saturated carbocycles. The monoisotopic (exact) mass is 373 g/mol. The summed E-state index contributed by atoms with van der Waals surface area (Å²) in [5.74, 6) is -0.0986. The predicted octanol–water partition coefficient (Wildman–Crippen LogP) is 2.53. The molecule has 1 aliphatic heterocycles. The second-order valence-electron chi connectivity index (χ2n) is 5.93. The van der Waals surface area contributed by atoms with Crippen LogP contribution in [-0.2, 0) is 4.79 Å². The number of carbonyl (C=O) groups is 2. The maximum atomic E-state index is 11.9. The average Bonchev–Trinajstić information content (AvgIpc) is 2.54. The van der Waals surface area contributed by atoms with Crippen molar-refractivity contribution in [2.24, 2.45) is 0 Å². The summed E-state index contributed by atoms with van der Waals surface area (Å²) < 4.78 is 0. The second-order valence-corrected chi connectivity index (χ2v) is 6.36. The first kappa shape index (κ1) is 20.7. The number of nitrogens with one attached hydrogen (secondary N) is 3. The number of hydrogen-bond acceptors (Lipinski definition) is 3. The zero-order chi connectivity index (χ0) is 16.7. The van der Waals surface area contributed by atoms with Crippen molar-refractivity contribution in [3.05, 3.63) is 34.9 Å². The summed E-state index contributed by atoms with van der Waals surface area (Å²) in [5, 5.41) is 9.84. The molecule has 1 aliphatic rings. The minimum absolute atomic E-state index is 0. The first-order chi connectivity index (χ1) is 11.1. The second kappa shape index (κ2) is 10.5. The number of piperidine rings is 1. The molecule has 5 nitrogen and oxygen atoms in total. The number of halogens is 2. The SMILES string of the molecule is CC1NCCCC1NC(=O)CCCNC(=O)c1ccc(Cl)cc1.Cl. The minimum atomic E-state index is -0.146. The fraction of sp³-hybridized carbons (Fsp3) is 0.529. The average molecular weight is 374 g/mol. The van der Waals surface area contributed by atoms with Gasteiger partial charge in [0.2, 0.25) is 5.91 Å². The number of amides is 2. The zero-order valence-electron chi connectivity index (χ0n) is 13.8. The van der Waals surface area contributed by atoms with Gasteiger partial charge in [-0.3, -0.25) is 9.59 Å². The van der Waals surface area contributed by atoms with Crippen LogP contribution in [0.3, 0.4) is 0 Å². The Kier molecular flexibility index (Phi) is 9.11. The number of rotatable bonds is 6. The molecule has 7 heteroatoms. The molecule has 0 spiro atoms. The molecular weight excluding hydrogens is 349 g/mol. The number of carbonyl (C=O) groups excluding carboxylic acids is 2. The standard InChI is InChI=1S/C17H24ClN3O2.ClH/c1-12-15(4-2-10-19-12)21-16(22)5-3-11-20-17(23)13-6-8-14(18)9-7-13;/h6-9,12,15,19H,2-5,10-11H2,1H3,(H,20,23)(H,21,22);1H. The van der Waals surface area contributed by atoms with Crippen LogP contribution < -0.4 is 16.0 Å². The minimum Gasteiger partial charge on any atom is -0.352 e. The van der Waals surface area contributed by atoms with Crippen LogP contribution in [0.2, 0.25) is 5.02 Å². The van der Waals surface area contributed by atoms with Crippen LogP contribution in [0.1, 0.15) is 43.0 Å². The van der Waals surface area contributed by atoms with E-state index in [4.69, 9.17) is 11.6 Å².